The fraction of sp³-hybridized carbons (Fsp3) is 0.250. The van der Waals surface area contributed by atoms with Crippen molar-refractivity contribution in [2.75, 3.05) is 0 Å². The smallest absolute Gasteiger partial charge is 0.157 e. The fourth-order valence-electron chi connectivity index (χ4n) is 1.82. The first-order valence-electron chi connectivity index (χ1n) is 5.24. The van der Waals surface area contributed by atoms with Gasteiger partial charge in [-0.25, -0.2) is 4.99 Å². The summed E-state index contributed by atoms with van der Waals surface area (Å²) in [5, 5.41) is 2.84. The first-order chi connectivity index (χ1) is 7.64. The van der Waals surface area contributed by atoms with Gasteiger partial charge >= 0.3 is 0 Å². The van der Waals surface area contributed by atoms with E-state index in [1.165, 1.54) is 0 Å². The van der Waals surface area contributed by atoms with Crippen LogP contribution in [-0.2, 0) is 0 Å². The van der Waals surface area contributed by atoms with Gasteiger partial charge in [-0.1, -0.05) is 37.3 Å². The monoisotopic (exact) mass is 216 g/mol. The first-order valence-corrected chi connectivity index (χ1v) is 5.24. The van der Waals surface area contributed by atoms with Gasteiger partial charge in [0, 0.05) is 12.1 Å². The third-order valence-electron chi connectivity index (χ3n) is 3.01. The van der Waals surface area contributed by atoms with Crippen LogP contribution in [-0.4, -0.2) is 12.0 Å². The molecule has 0 radical (unpaired) electrons. The molecule has 2 atom stereocenters. The van der Waals surface area contributed by atoms with Gasteiger partial charge in [0.2, 0.25) is 0 Å². The largest absolute Gasteiger partial charge is 0.398 e. The maximum atomic E-state index is 6.25. The number of aliphatic imine (C=N–C) groups is 1. The lowest BCUT2D eigenvalue weighted by atomic mass is 9.86. The van der Waals surface area contributed by atoms with Crippen molar-refractivity contribution < 1.29 is 0 Å². The zero-order valence-corrected chi connectivity index (χ0v) is 9.22. The Hall–Kier alpha value is -1.81. The van der Waals surface area contributed by atoms with E-state index in [0.717, 1.165) is 5.56 Å². The van der Waals surface area contributed by atoms with E-state index in [-0.39, 0.29) is 5.92 Å². The molecule has 1 aromatic carbocycles. The van der Waals surface area contributed by atoms with E-state index < -0.39 is 5.66 Å². The van der Waals surface area contributed by atoms with Crippen molar-refractivity contribution >= 4 is 6.34 Å². The highest BCUT2D eigenvalue weighted by Crippen LogP contribution is 2.31. The second-order valence-electron chi connectivity index (χ2n) is 3.98. The molecule has 1 aromatic rings. The summed E-state index contributed by atoms with van der Waals surface area (Å²) in [7, 11) is 0. The minimum absolute atomic E-state index is 0.0308. The van der Waals surface area contributed by atoms with E-state index in [1.807, 2.05) is 37.3 Å². The van der Waals surface area contributed by atoms with Gasteiger partial charge in [-0.05, 0) is 5.56 Å². The minimum Gasteiger partial charge on any atom is -0.398 e. The summed E-state index contributed by atoms with van der Waals surface area (Å²) in [4.78, 5) is 4.27. The predicted molar refractivity (Wildman–Crippen MR) is 65.7 cm³/mol. The van der Waals surface area contributed by atoms with E-state index in [4.69, 9.17) is 11.5 Å². The van der Waals surface area contributed by atoms with E-state index in [0.29, 0.717) is 5.70 Å². The van der Waals surface area contributed by atoms with Crippen molar-refractivity contribution in [3.05, 3.63) is 47.8 Å². The summed E-state index contributed by atoms with van der Waals surface area (Å²) in [6, 6.07) is 10.0. The van der Waals surface area contributed by atoms with Crippen molar-refractivity contribution in [2.45, 2.75) is 18.5 Å². The maximum absolute atomic E-state index is 6.25. The number of hydrogen-bond donors (Lipinski definition) is 3. The van der Waals surface area contributed by atoms with Crippen LogP contribution in [0.3, 0.4) is 0 Å². The number of benzene rings is 1. The molecule has 2 unspecified atom stereocenters. The first kappa shape index (κ1) is 10.7. The quantitative estimate of drug-likeness (QED) is 0.686. The lowest BCUT2D eigenvalue weighted by Crippen LogP contribution is -2.50. The SMILES string of the molecule is CC(c1ccccc1)C1(N)N=CNC=C1N. The lowest BCUT2D eigenvalue weighted by molar-refractivity contribution is 0.430. The number of nitrogens with zero attached hydrogens (tertiary/aromatic N) is 1. The van der Waals surface area contributed by atoms with Crippen LogP contribution in [0.2, 0.25) is 0 Å². The van der Waals surface area contributed by atoms with Crippen molar-refractivity contribution in [1.29, 1.82) is 0 Å². The van der Waals surface area contributed by atoms with Gasteiger partial charge in [0.15, 0.2) is 5.66 Å². The average molecular weight is 216 g/mol. The zero-order valence-electron chi connectivity index (χ0n) is 9.22. The highest BCUT2D eigenvalue weighted by atomic mass is 15.1. The van der Waals surface area contributed by atoms with E-state index in [1.54, 1.807) is 12.5 Å². The van der Waals surface area contributed by atoms with Gasteiger partial charge in [0.25, 0.3) is 0 Å². The third-order valence-corrected chi connectivity index (χ3v) is 3.01. The minimum atomic E-state index is -0.855. The molecule has 16 heavy (non-hydrogen) atoms. The predicted octanol–water partition coefficient (Wildman–Crippen LogP) is 0.877. The Morgan fingerprint density at radius 3 is 2.62 bits per heavy atom. The van der Waals surface area contributed by atoms with Crippen LogP contribution in [0, 0.1) is 0 Å². The molecule has 0 aromatic heterocycles. The van der Waals surface area contributed by atoms with Gasteiger partial charge in [-0.3, -0.25) is 0 Å². The van der Waals surface area contributed by atoms with Crippen LogP contribution < -0.4 is 16.8 Å². The molecular formula is C12H16N4. The standard InChI is InChI=1S/C12H16N4/c1-9(10-5-3-2-4-6-10)12(14)11(13)7-15-8-16-12/h2-9H,13-14H2,1H3,(H,15,16). The number of hydrogen-bond acceptors (Lipinski definition) is 4. The molecule has 5 N–H and O–H groups in total. The Morgan fingerprint density at radius 2 is 2.00 bits per heavy atom. The normalized spacial score (nSPS) is 25.8. The molecule has 2 rings (SSSR count). The van der Waals surface area contributed by atoms with Crippen LogP contribution in [0.5, 0.6) is 0 Å². The van der Waals surface area contributed by atoms with Gasteiger partial charge in [0.1, 0.15) is 0 Å². The summed E-state index contributed by atoms with van der Waals surface area (Å²) < 4.78 is 0. The molecule has 4 nitrogen and oxygen atoms in total. The topological polar surface area (TPSA) is 76.4 Å². The Bertz CT molecular complexity index is 424. The van der Waals surface area contributed by atoms with Crippen molar-refractivity contribution in [2.24, 2.45) is 16.5 Å². The molecule has 1 aliphatic heterocycles. The number of nitrogens with two attached hydrogens (primary N) is 2. The highest BCUT2D eigenvalue weighted by Gasteiger charge is 2.36. The molecule has 0 fully saturated rings. The van der Waals surface area contributed by atoms with Crippen LogP contribution in [0.25, 0.3) is 0 Å². The van der Waals surface area contributed by atoms with Crippen LogP contribution >= 0.6 is 0 Å². The molecule has 1 heterocycles. The number of nitrogens with one attached hydrogen (secondary N) is 1. The summed E-state index contributed by atoms with van der Waals surface area (Å²) in [6.07, 6.45) is 3.27. The molecule has 0 amide bonds. The second-order valence-corrected chi connectivity index (χ2v) is 3.98. The summed E-state index contributed by atoms with van der Waals surface area (Å²) >= 11 is 0. The maximum Gasteiger partial charge on any atom is 0.157 e. The fourth-order valence-corrected chi connectivity index (χ4v) is 1.82. The van der Waals surface area contributed by atoms with Crippen molar-refractivity contribution in [1.82, 2.24) is 5.32 Å². The summed E-state index contributed by atoms with van der Waals surface area (Å²) in [5.41, 5.74) is 13.0. The second kappa shape index (κ2) is 3.98. The molecule has 0 bridgehead atoms. The molecule has 0 aliphatic carbocycles. The Kier molecular flexibility index (Phi) is 2.66. The van der Waals surface area contributed by atoms with Crippen LogP contribution in [0.1, 0.15) is 18.4 Å². The number of rotatable bonds is 2. The van der Waals surface area contributed by atoms with Crippen molar-refractivity contribution in [3.63, 3.8) is 0 Å². The van der Waals surface area contributed by atoms with Gasteiger partial charge in [-0.2, -0.15) is 0 Å². The van der Waals surface area contributed by atoms with Gasteiger partial charge < -0.3 is 16.8 Å². The zero-order chi connectivity index (χ0) is 11.6. The van der Waals surface area contributed by atoms with E-state index >= 15 is 0 Å². The molecular weight excluding hydrogens is 200 g/mol. The average Bonchev–Trinajstić information content (AvgIpc) is 2.33. The molecule has 0 saturated heterocycles. The lowest BCUT2D eigenvalue weighted by Gasteiger charge is -2.34. The Morgan fingerprint density at radius 1 is 1.31 bits per heavy atom. The molecule has 84 valence electrons. The molecule has 0 saturated carbocycles. The highest BCUT2D eigenvalue weighted by molar-refractivity contribution is 5.60. The van der Waals surface area contributed by atoms with Gasteiger partial charge in [0.05, 0.1) is 12.0 Å². The Balaban J connectivity index is 2.34. The summed E-state index contributed by atoms with van der Waals surface area (Å²) in [6.45, 7) is 2.03. The molecule has 0 spiro atoms. The van der Waals surface area contributed by atoms with Gasteiger partial charge in [-0.15, -0.1) is 0 Å². The van der Waals surface area contributed by atoms with Crippen LogP contribution in [0.4, 0.5) is 0 Å². The molecule has 4 heteroatoms. The Labute approximate surface area is 95.1 Å². The third kappa shape index (κ3) is 1.67. The molecule has 1 aliphatic rings. The van der Waals surface area contributed by atoms with Crippen molar-refractivity contribution in [3.8, 4) is 0 Å². The van der Waals surface area contributed by atoms with Crippen LogP contribution in [0.15, 0.2) is 47.2 Å². The van der Waals surface area contributed by atoms with E-state index in [9.17, 15) is 0 Å². The van der Waals surface area contributed by atoms with E-state index in [2.05, 4.69) is 10.3 Å². The summed E-state index contributed by atoms with van der Waals surface area (Å²) in [5.74, 6) is 0.0308.